The van der Waals surface area contributed by atoms with E-state index in [0.29, 0.717) is 0 Å². The van der Waals surface area contributed by atoms with Crippen LogP contribution in [0.4, 0.5) is 26.3 Å². The Morgan fingerprint density at radius 1 is 1.04 bits per heavy atom. The van der Waals surface area contributed by atoms with E-state index in [2.05, 4.69) is 4.74 Å². The van der Waals surface area contributed by atoms with E-state index in [9.17, 15) is 35.9 Å². The highest BCUT2D eigenvalue weighted by molar-refractivity contribution is 5.97. The molecule has 0 radical (unpaired) electrons. The number of nitrogens with one attached hydrogen (secondary N) is 1. The van der Waals surface area contributed by atoms with Gasteiger partial charge < -0.3 is 10.1 Å². The molecule has 0 aromatic heterocycles. The molecule has 1 aromatic carbocycles. The average Bonchev–Trinajstić information content (AvgIpc) is 2.49. The van der Waals surface area contributed by atoms with Crippen molar-refractivity contribution in [2.75, 3.05) is 7.11 Å². The van der Waals surface area contributed by atoms with Crippen molar-refractivity contribution in [3.05, 3.63) is 34.9 Å². The number of alkyl halides is 6. The topological polar surface area (TPSA) is 55.4 Å². The molecule has 0 spiro atoms. The molecule has 1 rings (SSSR count). The molecule has 1 amide bonds. The van der Waals surface area contributed by atoms with Gasteiger partial charge >= 0.3 is 18.3 Å². The van der Waals surface area contributed by atoms with Crippen molar-refractivity contribution >= 4 is 11.9 Å². The molecule has 0 aliphatic carbocycles. The zero-order chi connectivity index (χ0) is 18.7. The fourth-order valence-electron chi connectivity index (χ4n) is 1.80. The predicted molar refractivity (Wildman–Crippen MR) is 70.0 cm³/mol. The van der Waals surface area contributed by atoms with Crippen molar-refractivity contribution in [3.63, 3.8) is 0 Å². The van der Waals surface area contributed by atoms with Gasteiger partial charge in [-0.05, 0) is 24.6 Å². The lowest BCUT2D eigenvalue weighted by Crippen LogP contribution is -2.41. The van der Waals surface area contributed by atoms with E-state index in [1.54, 1.807) is 0 Å². The van der Waals surface area contributed by atoms with Crippen LogP contribution in [0.2, 0.25) is 0 Å². The van der Waals surface area contributed by atoms with Crippen LogP contribution < -0.4 is 5.32 Å². The standard InChI is InChI=1S/C14H13F6NO3/c1-3-10(12(23)24-2)21-11(22)7-4-8(13(15,16)17)6-9(5-7)14(18,19)20/h4-6,10H,3H2,1-2H3,(H,21,22)/t10-/m0/s1. The Morgan fingerprint density at radius 3 is 1.83 bits per heavy atom. The number of carbonyl (C=O) groups is 2. The van der Waals surface area contributed by atoms with E-state index < -0.39 is 47.0 Å². The number of hydrogen-bond acceptors (Lipinski definition) is 3. The van der Waals surface area contributed by atoms with Crippen LogP contribution >= 0.6 is 0 Å². The fourth-order valence-corrected chi connectivity index (χ4v) is 1.80. The summed E-state index contributed by atoms with van der Waals surface area (Å²) in [6.45, 7) is 1.48. The lowest BCUT2D eigenvalue weighted by molar-refractivity contribution is -0.144. The molecule has 1 N–H and O–H groups in total. The minimum absolute atomic E-state index is 0.0451. The monoisotopic (exact) mass is 357 g/mol. The van der Waals surface area contributed by atoms with Crippen LogP contribution in [-0.4, -0.2) is 25.0 Å². The Bertz CT molecular complexity index is 592. The molecular formula is C14H13F6NO3. The first-order valence-corrected chi connectivity index (χ1v) is 6.58. The highest BCUT2D eigenvalue weighted by Gasteiger charge is 2.37. The molecule has 0 saturated carbocycles. The minimum Gasteiger partial charge on any atom is -0.467 e. The highest BCUT2D eigenvalue weighted by Crippen LogP contribution is 2.36. The first-order valence-electron chi connectivity index (χ1n) is 6.58. The third kappa shape index (κ3) is 4.87. The number of rotatable bonds is 4. The first kappa shape index (κ1) is 19.8. The summed E-state index contributed by atoms with van der Waals surface area (Å²) in [7, 11) is 1.03. The van der Waals surface area contributed by atoms with Crippen LogP contribution in [0.5, 0.6) is 0 Å². The third-order valence-corrected chi connectivity index (χ3v) is 3.05. The molecule has 0 fully saturated rings. The van der Waals surface area contributed by atoms with Crippen molar-refractivity contribution in [1.82, 2.24) is 5.32 Å². The van der Waals surface area contributed by atoms with Crippen LogP contribution in [0.15, 0.2) is 18.2 Å². The molecule has 4 nitrogen and oxygen atoms in total. The molecule has 0 bridgehead atoms. The maximum absolute atomic E-state index is 12.7. The Balaban J connectivity index is 3.27. The van der Waals surface area contributed by atoms with E-state index >= 15 is 0 Å². The Labute approximate surface area is 132 Å². The molecule has 0 unspecified atom stereocenters. The quantitative estimate of drug-likeness (QED) is 0.664. The Hall–Kier alpha value is -2.26. The second kappa shape index (κ2) is 7.10. The van der Waals surface area contributed by atoms with Crippen molar-refractivity contribution in [3.8, 4) is 0 Å². The van der Waals surface area contributed by atoms with E-state index in [-0.39, 0.29) is 24.6 Å². The Morgan fingerprint density at radius 2 is 1.50 bits per heavy atom. The number of methoxy groups -OCH3 is 1. The summed E-state index contributed by atoms with van der Waals surface area (Å²) < 4.78 is 80.8. The van der Waals surface area contributed by atoms with Gasteiger partial charge in [0.05, 0.1) is 18.2 Å². The summed E-state index contributed by atoms with van der Waals surface area (Å²) in [4.78, 5) is 23.3. The lowest BCUT2D eigenvalue weighted by atomic mass is 10.0. The summed E-state index contributed by atoms with van der Waals surface area (Å²) >= 11 is 0. The van der Waals surface area contributed by atoms with Gasteiger partial charge in [-0.2, -0.15) is 26.3 Å². The molecule has 0 saturated heterocycles. The predicted octanol–water partition coefficient (Wildman–Crippen LogP) is 3.41. The first-order chi connectivity index (χ1) is 10.9. The van der Waals surface area contributed by atoms with Crippen molar-refractivity contribution in [2.24, 2.45) is 0 Å². The van der Waals surface area contributed by atoms with Crippen LogP contribution in [0.1, 0.15) is 34.8 Å². The molecule has 0 aliphatic rings. The van der Waals surface area contributed by atoms with Crippen LogP contribution in [-0.2, 0) is 21.9 Å². The van der Waals surface area contributed by atoms with Gasteiger partial charge in [-0.25, -0.2) is 4.79 Å². The van der Waals surface area contributed by atoms with Gasteiger partial charge in [0.15, 0.2) is 0 Å². The van der Waals surface area contributed by atoms with Gasteiger partial charge in [-0.1, -0.05) is 6.92 Å². The molecule has 0 heterocycles. The molecule has 0 aliphatic heterocycles. The van der Waals surface area contributed by atoms with Gasteiger partial charge in [-0.3, -0.25) is 4.79 Å². The summed E-state index contributed by atoms with van der Waals surface area (Å²) in [5.74, 6) is -2.11. The number of amides is 1. The zero-order valence-corrected chi connectivity index (χ0v) is 12.5. The molecule has 10 heteroatoms. The summed E-state index contributed by atoms with van der Waals surface area (Å²) in [6, 6.07) is -0.705. The largest absolute Gasteiger partial charge is 0.467 e. The number of esters is 1. The van der Waals surface area contributed by atoms with Crippen molar-refractivity contribution < 1.29 is 40.7 Å². The van der Waals surface area contributed by atoms with Crippen LogP contribution in [0.3, 0.4) is 0 Å². The fraction of sp³-hybridized carbons (Fsp3) is 0.429. The SMILES string of the molecule is CC[C@H](NC(=O)c1cc(C(F)(F)F)cc(C(F)(F)F)c1)C(=O)OC. The summed E-state index contributed by atoms with van der Waals surface area (Å²) in [6.07, 6.45) is -10.1. The maximum atomic E-state index is 12.7. The van der Waals surface area contributed by atoms with Gasteiger partial charge in [-0.15, -0.1) is 0 Å². The van der Waals surface area contributed by atoms with E-state index in [0.717, 1.165) is 7.11 Å². The van der Waals surface area contributed by atoms with Crippen molar-refractivity contribution in [1.29, 1.82) is 0 Å². The second-order valence-electron chi connectivity index (χ2n) is 4.75. The lowest BCUT2D eigenvalue weighted by Gasteiger charge is -2.17. The Kier molecular flexibility index (Phi) is 5.85. The number of halogens is 6. The molecule has 1 aromatic rings. The minimum atomic E-state index is -5.07. The zero-order valence-electron chi connectivity index (χ0n) is 12.5. The second-order valence-corrected chi connectivity index (χ2v) is 4.75. The van der Waals surface area contributed by atoms with E-state index in [1.165, 1.54) is 6.92 Å². The average molecular weight is 357 g/mol. The number of hydrogen-bond donors (Lipinski definition) is 1. The number of carbonyl (C=O) groups excluding carboxylic acids is 2. The summed E-state index contributed by atoms with van der Waals surface area (Å²) in [5.41, 5.74) is -4.10. The van der Waals surface area contributed by atoms with E-state index in [1.807, 2.05) is 5.32 Å². The highest BCUT2D eigenvalue weighted by atomic mass is 19.4. The molecule has 134 valence electrons. The molecule has 24 heavy (non-hydrogen) atoms. The van der Waals surface area contributed by atoms with E-state index in [4.69, 9.17) is 0 Å². The smallest absolute Gasteiger partial charge is 0.416 e. The molecular weight excluding hydrogens is 344 g/mol. The third-order valence-electron chi connectivity index (χ3n) is 3.05. The summed E-state index contributed by atoms with van der Waals surface area (Å²) in [5, 5.41) is 2.04. The van der Waals surface area contributed by atoms with Gasteiger partial charge in [0.25, 0.3) is 5.91 Å². The number of ether oxygens (including phenoxy) is 1. The normalized spacial score (nSPS) is 13.3. The van der Waals surface area contributed by atoms with Gasteiger partial charge in [0.2, 0.25) is 0 Å². The van der Waals surface area contributed by atoms with Gasteiger partial charge in [0, 0.05) is 5.56 Å². The van der Waals surface area contributed by atoms with Crippen LogP contribution in [0.25, 0.3) is 0 Å². The number of benzene rings is 1. The maximum Gasteiger partial charge on any atom is 0.416 e. The van der Waals surface area contributed by atoms with Crippen molar-refractivity contribution in [2.45, 2.75) is 31.7 Å². The van der Waals surface area contributed by atoms with Gasteiger partial charge in [0.1, 0.15) is 6.04 Å². The molecule has 1 atom stereocenters. The van der Waals surface area contributed by atoms with Crippen LogP contribution in [0, 0.1) is 0 Å².